The molecule has 3 nitrogen and oxygen atoms in total. The van der Waals surface area contributed by atoms with Crippen molar-refractivity contribution in [3.8, 4) is 5.75 Å². The van der Waals surface area contributed by atoms with E-state index < -0.39 is 5.97 Å². The highest BCUT2D eigenvalue weighted by Crippen LogP contribution is 2.31. The van der Waals surface area contributed by atoms with Crippen LogP contribution >= 0.6 is 0 Å². The average molecular weight is 250 g/mol. The predicted octanol–water partition coefficient (Wildman–Crippen LogP) is 3.79. The van der Waals surface area contributed by atoms with E-state index in [0.717, 1.165) is 16.9 Å². The summed E-state index contributed by atoms with van der Waals surface area (Å²) in [7, 11) is 0. The summed E-state index contributed by atoms with van der Waals surface area (Å²) in [5.74, 6) is 0.528. The molecule has 0 aliphatic heterocycles. The van der Waals surface area contributed by atoms with Gasteiger partial charge >= 0.3 is 5.97 Å². The van der Waals surface area contributed by atoms with Crippen LogP contribution in [0.15, 0.2) is 18.2 Å². The summed E-state index contributed by atoms with van der Waals surface area (Å²) >= 11 is 0. The van der Waals surface area contributed by atoms with Gasteiger partial charge in [-0.25, -0.2) is 0 Å². The van der Waals surface area contributed by atoms with Gasteiger partial charge in [-0.05, 0) is 36.0 Å². The monoisotopic (exact) mass is 250 g/mol. The van der Waals surface area contributed by atoms with Gasteiger partial charge in [-0.2, -0.15) is 0 Å². The molecule has 1 rings (SSSR count). The standard InChI is InChI=1S/C15H22O3/c1-5-18-14-7-6-12(9-13(14)10(2)3)11(4)8-15(16)17/h6-7,9-11H,5,8H2,1-4H3,(H,16,17). The summed E-state index contributed by atoms with van der Waals surface area (Å²) in [6.07, 6.45) is 0.158. The van der Waals surface area contributed by atoms with Crippen molar-refractivity contribution in [2.45, 2.75) is 46.0 Å². The third kappa shape index (κ3) is 3.76. The molecule has 0 heterocycles. The maximum atomic E-state index is 10.7. The Balaban J connectivity index is 3.02. The number of carboxylic acid groups (broad SMARTS) is 1. The summed E-state index contributed by atoms with van der Waals surface area (Å²) in [5, 5.41) is 8.84. The van der Waals surface area contributed by atoms with Crippen molar-refractivity contribution in [1.82, 2.24) is 0 Å². The topological polar surface area (TPSA) is 46.5 Å². The number of carboxylic acids is 1. The number of aliphatic carboxylic acids is 1. The minimum atomic E-state index is -0.762. The predicted molar refractivity (Wildman–Crippen MR) is 72.4 cm³/mol. The zero-order chi connectivity index (χ0) is 13.7. The molecule has 0 bridgehead atoms. The molecular weight excluding hydrogens is 228 g/mol. The van der Waals surface area contributed by atoms with Crippen molar-refractivity contribution < 1.29 is 14.6 Å². The van der Waals surface area contributed by atoms with Crippen LogP contribution in [-0.2, 0) is 4.79 Å². The first-order valence-electron chi connectivity index (χ1n) is 6.44. The second kappa shape index (κ2) is 6.43. The van der Waals surface area contributed by atoms with Crippen molar-refractivity contribution in [3.63, 3.8) is 0 Å². The lowest BCUT2D eigenvalue weighted by Gasteiger charge is -2.17. The molecule has 0 radical (unpaired) electrons. The van der Waals surface area contributed by atoms with Crippen LogP contribution < -0.4 is 4.74 Å². The molecule has 0 aliphatic carbocycles. The van der Waals surface area contributed by atoms with Crippen molar-refractivity contribution in [2.24, 2.45) is 0 Å². The molecule has 1 aromatic rings. The Morgan fingerprint density at radius 2 is 2.00 bits per heavy atom. The first-order valence-corrected chi connectivity index (χ1v) is 6.44. The summed E-state index contributed by atoms with van der Waals surface area (Å²) in [5.41, 5.74) is 2.20. The van der Waals surface area contributed by atoms with Crippen molar-refractivity contribution in [1.29, 1.82) is 0 Å². The highest BCUT2D eigenvalue weighted by Gasteiger charge is 2.14. The smallest absolute Gasteiger partial charge is 0.303 e. The molecule has 0 aliphatic rings. The van der Waals surface area contributed by atoms with Crippen LogP contribution in [0.1, 0.15) is 57.1 Å². The van der Waals surface area contributed by atoms with Crippen LogP contribution in [-0.4, -0.2) is 17.7 Å². The van der Waals surface area contributed by atoms with E-state index in [2.05, 4.69) is 19.9 Å². The second-order valence-electron chi connectivity index (χ2n) is 4.88. The SMILES string of the molecule is CCOc1ccc(C(C)CC(=O)O)cc1C(C)C. The fraction of sp³-hybridized carbons (Fsp3) is 0.533. The van der Waals surface area contributed by atoms with Gasteiger partial charge in [0.05, 0.1) is 13.0 Å². The number of hydrogen-bond donors (Lipinski definition) is 1. The lowest BCUT2D eigenvalue weighted by Crippen LogP contribution is -2.05. The molecule has 1 N–H and O–H groups in total. The molecular formula is C15H22O3. The zero-order valence-electron chi connectivity index (χ0n) is 11.6. The van der Waals surface area contributed by atoms with Gasteiger partial charge in [0.15, 0.2) is 0 Å². The van der Waals surface area contributed by atoms with Crippen LogP contribution in [0.5, 0.6) is 5.75 Å². The van der Waals surface area contributed by atoms with Gasteiger partial charge in [0.2, 0.25) is 0 Å². The molecule has 1 atom stereocenters. The molecule has 0 fully saturated rings. The number of ether oxygens (including phenoxy) is 1. The van der Waals surface area contributed by atoms with E-state index in [-0.39, 0.29) is 12.3 Å². The maximum Gasteiger partial charge on any atom is 0.303 e. The van der Waals surface area contributed by atoms with E-state index in [9.17, 15) is 4.79 Å². The van der Waals surface area contributed by atoms with Gasteiger partial charge in [-0.15, -0.1) is 0 Å². The molecule has 0 saturated carbocycles. The Morgan fingerprint density at radius 1 is 1.33 bits per heavy atom. The third-order valence-electron chi connectivity index (χ3n) is 3.01. The zero-order valence-corrected chi connectivity index (χ0v) is 11.6. The van der Waals surface area contributed by atoms with Crippen LogP contribution in [0.25, 0.3) is 0 Å². The first-order chi connectivity index (χ1) is 8.45. The Kier molecular flexibility index (Phi) is 5.20. The van der Waals surface area contributed by atoms with E-state index in [1.165, 1.54) is 0 Å². The summed E-state index contributed by atoms with van der Waals surface area (Å²) < 4.78 is 5.60. The Labute approximate surface area is 109 Å². The van der Waals surface area contributed by atoms with E-state index in [0.29, 0.717) is 12.5 Å². The number of benzene rings is 1. The summed E-state index contributed by atoms with van der Waals surface area (Å²) in [4.78, 5) is 10.7. The number of hydrogen-bond acceptors (Lipinski definition) is 2. The van der Waals surface area contributed by atoms with Crippen LogP contribution in [0.3, 0.4) is 0 Å². The minimum absolute atomic E-state index is 0.0238. The van der Waals surface area contributed by atoms with Gasteiger partial charge in [-0.1, -0.05) is 32.9 Å². The Hall–Kier alpha value is -1.51. The quantitative estimate of drug-likeness (QED) is 0.835. The van der Waals surface area contributed by atoms with E-state index in [1.54, 1.807) is 0 Å². The van der Waals surface area contributed by atoms with Crippen molar-refractivity contribution in [3.05, 3.63) is 29.3 Å². The molecule has 0 amide bonds. The molecule has 1 aromatic carbocycles. The molecule has 0 saturated heterocycles. The number of carbonyl (C=O) groups is 1. The third-order valence-corrected chi connectivity index (χ3v) is 3.01. The molecule has 1 unspecified atom stereocenters. The van der Waals surface area contributed by atoms with Gasteiger partial charge in [-0.3, -0.25) is 4.79 Å². The first kappa shape index (κ1) is 14.6. The second-order valence-corrected chi connectivity index (χ2v) is 4.88. The van der Waals surface area contributed by atoms with Gasteiger partial charge in [0, 0.05) is 0 Å². The Bertz CT molecular complexity index is 410. The average Bonchev–Trinajstić information content (AvgIpc) is 2.28. The van der Waals surface area contributed by atoms with Crippen LogP contribution in [0, 0.1) is 0 Å². The highest BCUT2D eigenvalue weighted by molar-refractivity contribution is 5.68. The molecule has 18 heavy (non-hydrogen) atoms. The van der Waals surface area contributed by atoms with Crippen LogP contribution in [0.2, 0.25) is 0 Å². The van der Waals surface area contributed by atoms with E-state index in [1.807, 2.05) is 26.0 Å². The minimum Gasteiger partial charge on any atom is -0.494 e. The lowest BCUT2D eigenvalue weighted by atomic mass is 9.92. The van der Waals surface area contributed by atoms with E-state index >= 15 is 0 Å². The molecule has 100 valence electrons. The molecule has 0 aromatic heterocycles. The van der Waals surface area contributed by atoms with Gasteiger partial charge in [0.25, 0.3) is 0 Å². The van der Waals surface area contributed by atoms with Crippen molar-refractivity contribution in [2.75, 3.05) is 6.61 Å². The van der Waals surface area contributed by atoms with Crippen molar-refractivity contribution >= 4 is 5.97 Å². The molecule has 0 spiro atoms. The van der Waals surface area contributed by atoms with Crippen LogP contribution in [0.4, 0.5) is 0 Å². The Morgan fingerprint density at radius 3 is 2.50 bits per heavy atom. The van der Waals surface area contributed by atoms with E-state index in [4.69, 9.17) is 9.84 Å². The fourth-order valence-electron chi connectivity index (χ4n) is 1.99. The highest BCUT2D eigenvalue weighted by atomic mass is 16.5. The normalized spacial score (nSPS) is 12.5. The number of rotatable bonds is 6. The maximum absolute atomic E-state index is 10.7. The summed E-state index contributed by atoms with van der Waals surface area (Å²) in [6, 6.07) is 5.99. The largest absolute Gasteiger partial charge is 0.494 e. The summed E-state index contributed by atoms with van der Waals surface area (Å²) in [6.45, 7) is 8.77. The fourth-order valence-corrected chi connectivity index (χ4v) is 1.99. The lowest BCUT2D eigenvalue weighted by molar-refractivity contribution is -0.137. The molecule has 3 heteroatoms. The van der Waals surface area contributed by atoms with Gasteiger partial charge < -0.3 is 9.84 Å². The van der Waals surface area contributed by atoms with Gasteiger partial charge in [0.1, 0.15) is 5.75 Å².